The first kappa shape index (κ1) is 16.8. The average Bonchev–Trinajstić information content (AvgIpc) is 2.58. The standard InChI is InChI=1S/C17H15ClO5S/c1-9(2)11-5-3-4-10-8-24(21,22)15-6-12(17(19)20)13(18)7-14(15)23-16(10)11/h3-7,9H,8H2,1-2H3,(H,19,20). The molecule has 0 saturated heterocycles. The number of hydrogen-bond donors (Lipinski definition) is 1. The number of hydrogen-bond acceptors (Lipinski definition) is 4. The number of sulfone groups is 1. The van der Waals surface area contributed by atoms with Gasteiger partial charge in [0.1, 0.15) is 16.4 Å². The fourth-order valence-electron chi connectivity index (χ4n) is 2.71. The second kappa shape index (κ2) is 5.79. The summed E-state index contributed by atoms with van der Waals surface area (Å²) >= 11 is 5.98. The molecular formula is C17H15ClO5S. The molecule has 0 spiro atoms. The number of ether oxygens (including phenoxy) is 1. The summed E-state index contributed by atoms with van der Waals surface area (Å²) in [7, 11) is -3.75. The molecule has 0 aliphatic carbocycles. The summed E-state index contributed by atoms with van der Waals surface area (Å²) in [6.07, 6.45) is 0. The minimum atomic E-state index is -3.75. The molecule has 3 rings (SSSR count). The average molecular weight is 367 g/mol. The van der Waals surface area contributed by atoms with E-state index in [1.54, 1.807) is 12.1 Å². The Bertz CT molecular complexity index is 948. The van der Waals surface area contributed by atoms with Crippen molar-refractivity contribution in [2.75, 3.05) is 0 Å². The molecule has 1 N–H and O–H groups in total. The van der Waals surface area contributed by atoms with Gasteiger partial charge in [0.15, 0.2) is 9.84 Å². The smallest absolute Gasteiger partial charge is 0.337 e. The Morgan fingerprint density at radius 2 is 2.00 bits per heavy atom. The van der Waals surface area contributed by atoms with E-state index >= 15 is 0 Å². The molecule has 126 valence electrons. The molecular weight excluding hydrogens is 352 g/mol. The maximum absolute atomic E-state index is 12.7. The summed E-state index contributed by atoms with van der Waals surface area (Å²) in [6, 6.07) is 7.69. The summed E-state index contributed by atoms with van der Waals surface area (Å²) in [5, 5.41) is 9.11. The molecule has 0 aromatic heterocycles. The van der Waals surface area contributed by atoms with Crippen molar-refractivity contribution in [1.29, 1.82) is 0 Å². The quantitative estimate of drug-likeness (QED) is 0.859. The zero-order valence-electron chi connectivity index (χ0n) is 13.0. The summed E-state index contributed by atoms with van der Waals surface area (Å²) in [5.41, 5.74) is 1.16. The molecule has 5 nitrogen and oxygen atoms in total. The highest BCUT2D eigenvalue weighted by Gasteiger charge is 2.30. The lowest BCUT2D eigenvalue weighted by atomic mass is 9.99. The van der Waals surface area contributed by atoms with Gasteiger partial charge in [-0.25, -0.2) is 13.2 Å². The van der Waals surface area contributed by atoms with E-state index in [-0.39, 0.29) is 32.9 Å². The SMILES string of the molecule is CC(C)c1cccc2c1Oc1cc(Cl)c(C(=O)O)cc1S(=O)(=O)C2. The number of carboxylic acids is 1. The molecule has 2 aromatic rings. The van der Waals surface area contributed by atoms with E-state index in [2.05, 4.69) is 0 Å². The maximum Gasteiger partial charge on any atom is 0.337 e. The van der Waals surface area contributed by atoms with Gasteiger partial charge in [-0.15, -0.1) is 0 Å². The van der Waals surface area contributed by atoms with Crippen molar-refractivity contribution in [3.63, 3.8) is 0 Å². The normalized spacial score (nSPS) is 15.2. The second-order valence-corrected chi connectivity index (χ2v) is 8.30. The highest BCUT2D eigenvalue weighted by atomic mass is 35.5. The summed E-state index contributed by atoms with van der Waals surface area (Å²) in [5.74, 6) is -0.859. The number of fused-ring (bicyclic) bond motifs is 2. The summed E-state index contributed by atoms with van der Waals surface area (Å²) in [6.45, 7) is 3.97. The van der Waals surface area contributed by atoms with Crippen LogP contribution >= 0.6 is 11.6 Å². The molecule has 0 bridgehead atoms. The summed E-state index contributed by atoms with van der Waals surface area (Å²) < 4.78 is 31.3. The van der Waals surface area contributed by atoms with Crippen LogP contribution in [0.3, 0.4) is 0 Å². The van der Waals surface area contributed by atoms with Crippen LogP contribution in [0.4, 0.5) is 0 Å². The molecule has 0 amide bonds. The van der Waals surface area contributed by atoms with Crippen LogP contribution in [-0.4, -0.2) is 19.5 Å². The monoisotopic (exact) mass is 366 g/mol. The van der Waals surface area contributed by atoms with Gasteiger partial charge in [-0.2, -0.15) is 0 Å². The Hall–Kier alpha value is -2.05. The lowest BCUT2D eigenvalue weighted by molar-refractivity contribution is 0.0697. The van der Waals surface area contributed by atoms with Crippen molar-refractivity contribution in [2.45, 2.75) is 30.4 Å². The number of halogens is 1. The maximum atomic E-state index is 12.7. The van der Waals surface area contributed by atoms with Crippen LogP contribution in [0.2, 0.25) is 5.02 Å². The molecule has 0 unspecified atom stereocenters. The van der Waals surface area contributed by atoms with E-state index in [1.807, 2.05) is 19.9 Å². The Labute approximate surface area is 144 Å². The number of para-hydroxylation sites is 1. The minimum absolute atomic E-state index is 0.0526. The van der Waals surface area contributed by atoms with E-state index in [4.69, 9.17) is 16.3 Å². The molecule has 1 heterocycles. The topological polar surface area (TPSA) is 80.7 Å². The van der Waals surface area contributed by atoms with Crippen LogP contribution in [-0.2, 0) is 15.6 Å². The molecule has 0 radical (unpaired) electrons. The second-order valence-electron chi connectivity index (χ2n) is 5.94. The highest BCUT2D eigenvalue weighted by Crippen LogP contribution is 2.43. The van der Waals surface area contributed by atoms with Gasteiger partial charge in [-0.05, 0) is 17.5 Å². The van der Waals surface area contributed by atoms with E-state index in [0.29, 0.717) is 11.3 Å². The van der Waals surface area contributed by atoms with Crippen molar-refractivity contribution < 1.29 is 23.1 Å². The fraction of sp³-hybridized carbons (Fsp3) is 0.235. The third kappa shape index (κ3) is 2.76. The molecule has 7 heteroatoms. The van der Waals surface area contributed by atoms with Gasteiger partial charge in [0.2, 0.25) is 0 Å². The van der Waals surface area contributed by atoms with Crippen molar-refractivity contribution in [3.05, 3.63) is 52.0 Å². The lowest BCUT2D eigenvalue weighted by Gasteiger charge is -2.15. The van der Waals surface area contributed by atoms with Gasteiger partial charge in [0.05, 0.1) is 16.3 Å². The van der Waals surface area contributed by atoms with Crippen LogP contribution in [0.15, 0.2) is 35.2 Å². The number of benzene rings is 2. The fourth-order valence-corrected chi connectivity index (χ4v) is 4.44. The van der Waals surface area contributed by atoms with Crippen molar-refractivity contribution in [1.82, 2.24) is 0 Å². The van der Waals surface area contributed by atoms with Gasteiger partial charge >= 0.3 is 5.97 Å². The Morgan fingerprint density at radius 3 is 2.62 bits per heavy atom. The van der Waals surface area contributed by atoms with E-state index in [1.165, 1.54) is 6.07 Å². The van der Waals surface area contributed by atoms with Gasteiger partial charge in [-0.1, -0.05) is 43.6 Å². The molecule has 1 aliphatic heterocycles. The molecule has 0 saturated carbocycles. The number of aromatic carboxylic acids is 1. The van der Waals surface area contributed by atoms with Crippen molar-refractivity contribution >= 4 is 27.4 Å². The Balaban J connectivity index is 2.29. The number of carbonyl (C=O) groups is 1. The lowest BCUT2D eigenvalue weighted by Crippen LogP contribution is -2.06. The minimum Gasteiger partial charge on any atom is -0.478 e. The molecule has 0 atom stereocenters. The number of rotatable bonds is 2. The van der Waals surface area contributed by atoms with Crippen LogP contribution in [0.1, 0.15) is 41.3 Å². The predicted octanol–water partition coefficient (Wildman–Crippen LogP) is 4.24. The van der Waals surface area contributed by atoms with Gasteiger partial charge < -0.3 is 9.84 Å². The molecule has 0 fully saturated rings. The van der Waals surface area contributed by atoms with Crippen LogP contribution in [0.5, 0.6) is 11.5 Å². The summed E-state index contributed by atoms with van der Waals surface area (Å²) in [4.78, 5) is 11.1. The third-order valence-corrected chi connectivity index (χ3v) is 5.90. The zero-order chi connectivity index (χ0) is 17.6. The van der Waals surface area contributed by atoms with Gasteiger partial charge in [0, 0.05) is 11.6 Å². The zero-order valence-corrected chi connectivity index (χ0v) is 14.6. The van der Waals surface area contributed by atoms with Gasteiger partial charge in [-0.3, -0.25) is 0 Å². The third-order valence-electron chi connectivity index (χ3n) is 3.91. The number of carboxylic acid groups (broad SMARTS) is 1. The van der Waals surface area contributed by atoms with Crippen molar-refractivity contribution in [2.24, 2.45) is 0 Å². The highest BCUT2D eigenvalue weighted by molar-refractivity contribution is 7.90. The first-order valence-corrected chi connectivity index (χ1v) is 9.33. The van der Waals surface area contributed by atoms with E-state index < -0.39 is 15.8 Å². The Kier molecular flexibility index (Phi) is 4.05. The van der Waals surface area contributed by atoms with Crippen molar-refractivity contribution in [3.8, 4) is 11.5 Å². The van der Waals surface area contributed by atoms with Crippen LogP contribution in [0.25, 0.3) is 0 Å². The van der Waals surface area contributed by atoms with Crippen LogP contribution in [0, 0.1) is 0 Å². The van der Waals surface area contributed by atoms with Gasteiger partial charge in [0.25, 0.3) is 0 Å². The molecule has 1 aliphatic rings. The van der Waals surface area contributed by atoms with E-state index in [0.717, 1.165) is 11.6 Å². The largest absolute Gasteiger partial charge is 0.478 e. The predicted molar refractivity (Wildman–Crippen MR) is 89.9 cm³/mol. The first-order chi connectivity index (χ1) is 11.2. The molecule has 24 heavy (non-hydrogen) atoms. The Morgan fingerprint density at radius 1 is 1.29 bits per heavy atom. The van der Waals surface area contributed by atoms with Crippen LogP contribution < -0.4 is 4.74 Å². The first-order valence-electron chi connectivity index (χ1n) is 7.30. The molecule has 2 aromatic carbocycles. The van der Waals surface area contributed by atoms with E-state index in [9.17, 15) is 18.3 Å².